The van der Waals surface area contributed by atoms with Crippen molar-refractivity contribution in [2.45, 2.75) is 13.0 Å². The fraction of sp³-hybridized carbons (Fsp3) is 0.200. The number of hydrogen-bond acceptors (Lipinski definition) is 2. The number of hydrogen-bond donors (Lipinski definition) is 0. The third-order valence-corrected chi connectivity index (χ3v) is 3.19. The van der Waals surface area contributed by atoms with Crippen molar-refractivity contribution in [3.05, 3.63) is 47.5 Å². The molecule has 0 saturated heterocycles. The van der Waals surface area contributed by atoms with Crippen molar-refractivity contribution in [3.8, 4) is 22.6 Å². The van der Waals surface area contributed by atoms with Gasteiger partial charge in [-0.25, -0.2) is 4.39 Å². The van der Waals surface area contributed by atoms with Crippen molar-refractivity contribution in [1.29, 1.82) is 0 Å². The SMILES string of the molecule is CCOc1ccc2c(c1F)OC(F)(F)c1c(F)cccc1-2. The number of halogens is 4. The predicted octanol–water partition coefficient (Wildman–Crippen LogP) is 4.47. The normalized spacial score (nSPS) is 14.9. The lowest BCUT2D eigenvalue weighted by molar-refractivity contribution is -0.190. The van der Waals surface area contributed by atoms with Crippen LogP contribution >= 0.6 is 0 Å². The van der Waals surface area contributed by atoms with E-state index in [4.69, 9.17) is 4.74 Å². The summed E-state index contributed by atoms with van der Waals surface area (Å²) >= 11 is 0. The third-order valence-electron chi connectivity index (χ3n) is 3.19. The minimum Gasteiger partial charge on any atom is -0.491 e. The average Bonchev–Trinajstić information content (AvgIpc) is 2.42. The molecule has 0 atom stereocenters. The fourth-order valence-electron chi connectivity index (χ4n) is 2.34. The maximum atomic E-state index is 14.2. The van der Waals surface area contributed by atoms with Crippen LogP contribution in [-0.2, 0) is 6.11 Å². The molecule has 21 heavy (non-hydrogen) atoms. The summed E-state index contributed by atoms with van der Waals surface area (Å²) in [5.74, 6) is -2.95. The third kappa shape index (κ3) is 2.02. The van der Waals surface area contributed by atoms with E-state index in [-0.39, 0.29) is 23.5 Å². The molecule has 0 amide bonds. The molecule has 1 heterocycles. The summed E-state index contributed by atoms with van der Waals surface area (Å²) in [4.78, 5) is 0. The van der Waals surface area contributed by atoms with Crippen LogP contribution in [0, 0.1) is 11.6 Å². The molecule has 6 heteroatoms. The van der Waals surface area contributed by atoms with Gasteiger partial charge in [-0.05, 0) is 25.1 Å². The first-order valence-electron chi connectivity index (χ1n) is 6.27. The van der Waals surface area contributed by atoms with Gasteiger partial charge in [-0.2, -0.15) is 13.2 Å². The standard InChI is InChI=1S/C15H10F4O2/c1-2-20-11-7-6-9-8-4-3-5-10(16)12(8)15(18,19)21-14(9)13(11)17/h3-7H,2H2,1H3. The second-order valence-electron chi connectivity index (χ2n) is 4.47. The highest BCUT2D eigenvalue weighted by molar-refractivity contribution is 5.77. The van der Waals surface area contributed by atoms with Crippen LogP contribution in [-0.4, -0.2) is 6.61 Å². The molecule has 1 aliphatic rings. The molecule has 3 rings (SSSR count). The Morgan fingerprint density at radius 2 is 1.86 bits per heavy atom. The van der Waals surface area contributed by atoms with Crippen molar-refractivity contribution in [1.82, 2.24) is 0 Å². The highest BCUT2D eigenvalue weighted by atomic mass is 19.3. The van der Waals surface area contributed by atoms with Crippen LogP contribution in [0.1, 0.15) is 12.5 Å². The lowest BCUT2D eigenvalue weighted by Crippen LogP contribution is -2.28. The second-order valence-corrected chi connectivity index (χ2v) is 4.47. The van der Waals surface area contributed by atoms with Crippen molar-refractivity contribution >= 4 is 0 Å². The van der Waals surface area contributed by atoms with Crippen LogP contribution in [0.5, 0.6) is 11.5 Å². The van der Waals surface area contributed by atoms with Gasteiger partial charge < -0.3 is 9.47 Å². The van der Waals surface area contributed by atoms with E-state index in [0.717, 1.165) is 6.07 Å². The van der Waals surface area contributed by atoms with Gasteiger partial charge in [-0.3, -0.25) is 0 Å². The van der Waals surface area contributed by atoms with Crippen LogP contribution < -0.4 is 9.47 Å². The Balaban J connectivity index is 2.28. The van der Waals surface area contributed by atoms with E-state index in [2.05, 4.69) is 4.74 Å². The Kier molecular flexibility index (Phi) is 3.04. The molecule has 110 valence electrons. The van der Waals surface area contributed by atoms with Crippen LogP contribution in [0.15, 0.2) is 30.3 Å². The van der Waals surface area contributed by atoms with Gasteiger partial charge >= 0.3 is 6.11 Å². The van der Waals surface area contributed by atoms with Crippen molar-refractivity contribution < 1.29 is 27.0 Å². The van der Waals surface area contributed by atoms with Crippen molar-refractivity contribution in [2.75, 3.05) is 6.61 Å². The van der Waals surface area contributed by atoms with E-state index in [1.165, 1.54) is 24.3 Å². The Morgan fingerprint density at radius 1 is 1.10 bits per heavy atom. The van der Waals surface area contributed by atoms with Gasteiger partial charge in [0, 0.05) is 11.1 Å². The molecule has 0 aromatic heterocycles. The van der Waals surface area contributed by atoms with Crippen LogP contribution in [0.3, 0.4) is 0 Å². The zero-order valence-electron chi connectivity index (χ0n) is 10.9. The first-order chi connectivity index (χ1) is 9.95. The molecule has 0 saturated carbocycles. The number of ether oxygens (including phenoxy) is 2. The van der Waals surface area contributed by atoms with E-state index in [1.807, 2.05) is 0 Å². The highest BCUT2D eigenvalue weighted by Gasteiger charge is 2.45. The number of alkyl halides is 2. The summed E-state index contributed by atoms with van der Waals surface area (Å²) in [6, 6.07) is 6.17. The van der Waals surface area contributed by atoms with Crippen LogP contribution in [0.2, 0.25) is 0 Å². The van der Waals surface area contributed by atoms with E-state index in [1.54, 1.807) is 6.92 Å². The van der Waals surface area contributed by atoms with Crippen molar-refractivity contribution in [3.63, 3.8) is 0 Å². The largest absolute Gasteiger partial charge is 0.491 e. The van der Waals surface area contributed by atoms with Gasteiger partial charge in [0.1, 0.15) is 11.4 Å². The Labute approximate surface area is 117 Å². The second kappa shape index (κ2) is 4.65. The molecule has 0 unspecified atom stereocenters. The maximum Gasteiger partial charge on any atom is 0.430 e. The number of benzene rings is 2. The molecule has 0 N–H and O–H groups in total. The quantitative estimate of drug-likeness (QED) is 0.761. The molecule has 0 bridgehead atoms. The predicted molar refractivity (Wildman–Crippen MR) is 67.5 cm³/mol. The molecule has 2 aromatic carbocycles. The minimum atomic E-state index is -3.95. The molecule has 0 radical (unpaired) electrons. The van der Waals surface area contributed by atoms with Crippen LogP contribution in [0.25, 0.3) is 11.1 Å². The lowest BCUT2D eigenvalue weighted by Gasteiger charge is -2.28. The van der Waals surface area contributed by atoms with Crippen molar-refractivity contribution in [2.24, 2.45) is 0 Å². The molecular weight excluding hydrogens is 288 g/mol. The minimum absolute atomic E-state index is 0.0661. The Morgan fingerprint density at radius 3 is 2.57 bits per heavy atom. The fourth-order valence-corrected chi connectivity index (χ4v) is 2.34. The lowest BCUT2D eigenvalue weighted by atomic mass is 9.95. The molecular formula is C15H10F4O2. The van der Waals surface area contributed by atoms with Gasteiger partial charge in [0.05, 0.1) is 6.61 Å². The Hall–Kier alpha value is -2.24. The summed E-state index contributed by atoms with van der Waals surface area (Å²) in [5.41, 5.74) is -0.916. The van der Waals surface area contributed by atoms with Gasteiger partial charge in [0.15, 0.2) is 11.5 Å². The molecule has 0 fully saturated rings. The average molecular weight is 298 g/mol. The highest BCUT2D eigenvalue weighted by Crippen LogP contribution is 2.50. The molecule has 0 aliphatic carbocycles. The van der Waals surface area contributed by atoms with E-state index >= 15 is 0 Å². The van der Waals surface area contributed by atoms with E-state index in [9.17, 15) is 17.6 Å². The molecule has 2 aromatic rings. The zero-order chi connectivity index (χ0) is 15.2. The maximum absolute atomic E-state index is 14.2. The smallest absolute Gasteiger partial charge is 0.430 e. The van der Waals surface area contributed by atoms with Gasteiger partial charge in [-0.1, -0.05) is 12.1 Å². The van der Waals surface area contributed by atoms with E-state index < -0.39 is 29.1 Å². The molecule has 1 aliphatic heterocycles. The number of rotatable bonds is 2. The van der Waals surface area contributed by atoms with Gasteiger partial charge in [-0.15, -0.1) is 0 Å². The van der Waals surface area contributed by atoms with Gasteiger partial charge in [0.2, 0.25) is 5.82 Å². The summed E-state index contributed by atoms with van der Waals surface area (Å²) in [6.07, 6.45) is -3.95. The Bertz CT molecular complexity index is 713. The molecule has 2 nitrogen and oxygen atoms in total. The zero-order valence-corrected chi connectivity index (χ0v) is 10.9. The first kappa shape index (κ1) is 13.7. The topological polar surface area (TPSA) is 18.5 Å². The van der Waals surface area contributed by atoms with Crippen LogP contribution in [0.4, 0.5) is 17.6 Å². The summed E-state index contributed by atoms with van der Waals surface area (Å²) in [7, 11) is 0. The number of fused-ring (bicyclic) bond motifs is 3. The summed E-state index contributed by atoms with van der Waals surface area (Å²) in [5, 5.41) is 0. The summed E-state index contributed by atoms with van der Waals surface area (Å²) in [6.45, 7) is 1.82. The summed E-state index contributed by atoms with van der Waals surface area (Å²) < 4.78 is 65.2. The van der Waals surface area contributed by atoms with E-state index in [0.29, 0.717) is 0 Å². The monoisotopic (exact) mass is 298 g/mol. The molecule has 0 spiro atoms. The van der Waals surface area contributed by atoms with Gasteiger partial charge in [0.25, 0.3) is 0 Å². The first-order valence-corrected chi connectivity index (χ1v) is 6.27.